The van der Waals surface area contributed by atoms with E-state index in [4.69, 9.17) is 14.8 Å². The van der Waals surface area contributed by atoms with Crippen molar-refractivity contribution in [3.63, 3.8) is 0 Å². The van der Waals surface area contributed by atoms with Crippen LogP contribution < -0.4 is 10.1 Å². The number of carbonyl (C=O) groups is 1. The highest BCUT2D eigenvalue weighted by molar-refractivity contribution is 6.14. The van der Waals surface area contributed by atoms with E-state index in [9.17, 15) is 4.79 Å². The average Bonchev–Trinajstić information content (AvgIpc) is 2.65. The Balaban J connectivity index is 1.96. The van der Waals surface area contributed by atoms with Crippen LogP contribution in [0.1, 0.15) is 42.9 Å². The minimum absolute atomic E-state index is 0.265. The molecule has 0 spiro atoms. The summed E-state index contributed by atoms with van der Waals surface area (Å²) in [6.45, 7) is 2.19. The molecule has 0 fully saturated rings. The molecule has 1 heterocycles. The molecule has 5 heteroatoms. The van der Waals surface area contributed by atoms with Gasteiger partial charge >= 0.3 is 6.09 Å². The maximum Gasteiger partial charge on any atom is 0.409 e. The summed E-state index contributed by atoms with van der Waals surface area (Å²) in [4.78, 5) is 15.8. The lowest BCUT2D eigenvalue weighted by Gasteiger charge is -2.24. The number of nitrogens with zero attached hydrogens (tertiary/aromatic N) is 1. The zero-order valence-electron chi connectivity index (χ0n) is 15.2. The molecule has 2 N–H and O–H groups in total. The van der Waals surface area contributed by atoms with Crippen molar-refractivity contribution in [2.45, 2.75) is 38.6 Å². The number of nitrogens with one attached hydrogen (secondary N) is 1. The van der Waals surface area contributed by atoms with Crippen molar-refractivity contribution in [1.29, 1.82) is 0 Å². The summed E-state index contributed by atoms with van der Waals surface area (Å²) in [6, 6.07) is 13.8. The van der Waals surface area contributed by atoms with Crippen LogP contribution in [0.25, 0.3) is 0 Å². The molecule has 0 saturated heterocycles. The molecule has 2 aromatic rings. The van der Waals surface area contributed by atoms with Crippen molar-refractivity contribution >= 4 is 17.5 Å². The largest absolute Gasteiger partial charge is 0.497 e. The van der Waals surface area contributed by atoms with Gasteiger partial charge < -0.3 is 9.84 Å². The van der Waals surface area contributed by atoms with Crippen molar-refractivity contribution in [2.75, 3.05) is 12.4 Å². The molecule has 0 bridgehead atoms. The molecule has 3 rings (SSSR count). The van der Waals surface area contributed by atoms with Gasteiger partial charge in [0, 0.05) is 16.8 Å². The Morgan fingerprint density at radius 2 is 2.04 bits per heavy atom. The van der Waals surface area contributed by atoms with Crippen LogP contribution in [-0.2, 0) is 6.42 Å². The highest BCUT2D eigenvalue weighted by Gasteiger charge is 2.22. The number of methoxy groups -OCH3 is 1. The Bertz CT molecular complexity index is 813. The predicted molar refractivity (Wildman–Crippen MR) is 104 cm³/mol. The Labute approximate surface area is 153 Å². The number of anilines is 1. The monoisotopic (exact) mass is 352 g/mol. The van der Waals surface area contributed by atoms with Crippen LogP contribution in [0.15, 0.2) is 47.5 Å². The molecule has 0 aromatic heterocycles. The number of hydrogen-bond donors (Lipinski definition) is 2. The van der Waals surface area contributed by atoms with E-state index in [2.05, 4.69) is 24.4 Å². The van der Waals surface area contributed by atoms with E-state index in [-0.39, 0.29) is 6.04 Å². The maximum atomic E-state index is 10.8. The third kappa shape index (κ3) is 4.04. The van der Waals surface area contributed by atoms with Gasteiger partial charge in [-0.15, -0.1) is 0 Å². The highest BCUT2D eigenvalue weighted by atomic mass is 16.5. The van der Waals surface area contributed by atoms with E-state index in [1.54, 1.807) is 19.2 Å². The van der Waals surface area contributed by atoms with Gasteiger partial charge in [0.05, 0.1) is 18.9 Å². The van der Waals surface area contributed by atoms with E-state index < -0.39 is 6.09 Å². The molecule has 0 saturated carbocycles. The van der Waals surface area contributed by atoms with E-state index >= 15 is 0 Å². The molecule has 1 amide bonds. The summed E-state index contributed by atoms with van der Waals surface area (Å²) in [5.74, 6) is 0.861. The smallest absolute Gasteiger partial charge is 0.409 e. The van der Waals surface area contributed by atoms with Gasteiger partial charge in [-0.05, 0) is 48.7 Å². The van der Waals surface area contributed by atoms with E-state index in [0.717, 1.165) is 48.3 Å². The van der Waals surface area contributed by atoms with Crippen LogP contribution in [0.2, 0.25) is 0 Å². The minimum atomic E-state index is -1.06. The quantitative estimate of drug-likeness (QED) is 0.789. The Morgan fingerprint density at radius 3 is 2.69 bits per heavy atom. The topological polar surface area (TPSA) is 70.9 Å². The van der Waals surface area contributed by atoms with E-state index in [1.807, 2.05) is 18.2 Å². The fourth-order valence-electron chi connectivity index (χ4n) is 3.32. The number of benzene rings is 2. The number of fused-ring (bicyclic) bond motifs is 1. The molecule has 1 unspecified atom stereocenters. The lowest BCUT2D eigenvalue weighted by molar-refractivity contribution is 0.210. The third-order valence-corrected chi connectivity index (χ3v) is 4.64. The summed E-state index contributed by atoms with van der Waals surface area (Å²) in [7, 11) is 1.68. The van der Waals surface area contributed by atoms with Crippen molar-refractivity contribution < 1.29 is 14.6 Å². The number of aliphatic imine (C=N–C) groups is 1. The van der Waals surface area contributed by atoms with Gasteiger partial charge in [0.1, 0.15) is 5.75 Å². The number of ether oxygens (including phenoxy) is 1. The first kappa shape index (κ1) is 18.0. The van der Waals surface area contributed by atoms with Gasteiger partial charge in [-0.25, -0.2) is 4.79 Å². The summed E-state index contributed by atoms with van der Waals surface area (Å²) >= 11 is 0. The van der Waals surface area contributed by atoms with Gasteiger partial charge in [-0.3, -0.25) is 10.3 Å². The first-order valence-corrected chi connectivity index (χ1v) is 8.96. The minimum Gasteiger partial charge on any atom is -0.497 e. The van der Waals surface area contributed by atoms with Crippen LogP contribution in [0, 0.1) is 0 Å². The second-order valence-corrected chi connectivity index (χ2v) is 6.51. The van der Waals surface area contributed by atoms with Crippen molar-refractivity contribution in [3.8, 4) is 5.75 Å². The van der Waals surface area contributed by atoms with Crippen molar-refractivity contribution in [1.82, 2.24) is 0 Å². The van der Waals surface area contributed by atoms with Gasteiger partial charge in [-0.1, -0.05) is 31.9 Å². The predicted octanol–water partition coefficient (Wildman–Crippen LogP) is 4.74. The Hall–Kier alpha value is -2.82. The summed E-state index contributed by atoms with van der Waals surface area (Å²) in [5.41, 5.74) is 4.89. The number of carboxylic acid groups (broad SMARTS) is 1. The first-order chi connectivity index (χ1) is 12.6. The lowest BCUT2D eigenvalue weighted by Crippen LogP contribution is -2.22. The van der Waals surface area contributed by atoms with Crippen molar-refractivity contribution in [2.24, 2.45) is 4.99 Å². The fraction of sp³-hybridized carbons (Fsp3) is 0.333. The molecule has 2 aromatic carbocycles. The van der Waals surface area contributed by atoms with Crippen LogP contribution >= 0.6 is 0 Å². The summed E-state index contributed by atoms with van der Waals surface area (Å²) in [5, 5.41) is 11.2. The molecule has 0 aliphatic carbocycles. The standard InChI is InChI=1S/C21H24N2O3/c1-3-4-5-17-12-15-13-18(26-2)10-11-19(15)20(22-17)14-6-8-16(9-7-14)23-21(24)25/h6-11,13,17,23H,3-5,12H2,1-2H3,(H,24,25). The number of rotatable bonds is 6. The molecular weight excluding hydrogens is 328 g/mol. The molecule has 1 aliphatic heterocycles. The third-order valence-electron chi connectivity index (χ3n) is 4.64. The maximum absolute atomic E-state index is 10.8. The summed E-state index contributed by atoms with van der Waals surface area (Å²) in [6.07, 6.45) is 3.23. The first-order valence-electron chi connectivity index (χ1n) is 8.96. The number of unbranched alkanes of at least 4 members (excludes halogenated alkanes) is 1. The second-order valence-electron chi connectivity index (χ2n) is 6.51. The number of amides is 1. The average molecular weight is 352 g/mol. The summed E-state index contributed by atoms with van der Waals surface area (Å²) < 4.78 is 5.39. The molecule has 136 valence electrons. The van der Waals surface area contributed by atoms with E-state index in [0.29, 0.717) is 5.69 Å². The van der Waals surface area contributed by atoms with Crippen LogP contribution in [0.4, 0.5) is 10.5 Å². The second kappa shape index (κ2) is 8.04. The molecule has 5 nitrogen and oxygen atoms in total. The Kier molecular flexibility index (Phi) is 5.56. The van der Waals surface area contributed by atoms with Gasteiger partial charge in [-0.2, -0.15) is 0 Å². The molecule has 0 radical (unpaired) electrons. The fourth-order valence-corrected chi connectivity index (χ4v) is 3.32. The van der Waals surface area contributed by atoms with Crippen LogP contribution in [0.3, 0.4) is 0 Å². The Morgan fingerprint density at radius 1 is 1.27 bits per heavy atom. The molecule has 1 atom stereocenters. The number of hydrogen-bond acceptors (Lipinski definition) is 3. The van der Waals surface area contributed by atoms with Crippen LogP contribution in [-0.4, -0.2) is 30.1 Å². The van der Waals surface area contributed by atoms with Crippen molar-refractivity contribution in [3.05, 3.63) is 59.2 Å². The van der Waals surface area contributed by atoms with Gasteiger partial charge in [0.2, 0.25) is 0 Å². The molecular formula is C21H24N2O3. The SMILES string of the molecule is CCCCC1Cc2cc(OC)ccc2C(c2ccc(NC(=O)O)cc2)=N1. The van der Waals surface area contributed by atoms with Gasteiger partial charge in [0.25, 0.3) is 0 Å². The zero-order valence-corrected chi connectivity index (χ0v) is 15.2. The van der Waals surface area contributed by atoms with Gasteiger partial charge in [0.15, 0.2) is 0 Å². The zero-order chi connectivity index (χ0) is 18.5. The lowest BCUT2D eigenvalue weighted by atomic mass is 9.88. The normalized spacial score (nSPS) is 15.8. The molecule has 26 heavy (non-hydrogen) atoms. The van der Waals surface area contributed by atoms with E-state index in [1.165, 1.54) is 5.56 Å². The van der Waals surface area contributed by atoms with Crippen LogP contribution in [0.5, 0.6) is 5.75 Å². The highest BCUT2D eigenvalue weighted by Crippen LogP contribution is 2.29. The molecule has 1 aliphatic rings.